The standard InChI is InChI=1S/C23H30N4O2S/c1-15-13-21(28)25-19-11-7-8-12-20(19)26(15)22(29)14-30-23-24-16(2)17(3)27(23)18-9-5-4-6-10-18/h7-8,11-12,15,18H,4-6,9-10,13-14H2,1-3H3,(H,25,28). The van der Waals surface area contributed by atoms with Crippen molar-refractivity contribution in [2.45, 2.75) is 76.5 Å². The van der Waals surface area contributed by atoms with Gasteiger partial charge in [0.1, 0.15) is 0 Å². The average molecular weight is 427 g/mol. The average Bonchev–Trinajstić information content (AvgIpc) is 2.93. The number of benzene rings is 1. The number of carbonyl (C=O) groups excluding carboxylic acids is 2. The third-order valence-electron chi connectivity index (χ3n) is 6.25. The normalized spacial score (nSPS) is 19.9. The Hall–Kier alpha value is -2.28. The zero-order valence-electron chi connectivity index (χ0n) is 18.0. The Morgan fingerprint density at radius 3 is 2.70 bits per heavy atom. The second-order valence-electron chi connectivity index (χ2n) is 8.40. The molecule has 1 N–H and O–H groups in total. The number of hydrogen-bond acceptors (Lipinski definition) is 4. The van der Waals surface area contributed by atoms with Crippen LogP contribution < -0.4 is 10.2 Å². The SMILES string of the molecule is Cc1nc(SCC(=O)N2c3ccccc3NC(=O)CC2C)n(C2CCCCC2)c1C. The number of hydrogen-bond donors (Lipinski definition) is 1. The molecule has 1 fully saturated rings. The van der Waals surface area contributed by atoms with E-state index < -0.39 is 0 Å². The highest BCUT2D eigenvalue weighted by molar-refractivity contribution is 7.99. The lowest BCUT2D eigenvalue weighted by Crippen LogP contribution is -2.40. The molecule has 6 nitrogen and oxygen atoms in total. The third kappa shape index (κ3) is 4.13. The topological polar surface area (TPSA) is 67.2 Å². The van der Waals surface area contributed by atoms with E-state index in [9.17, 15) is 9.59 Å². The van der Waals surface area contributed by atoms with E-state index >= 15 is 0 Å². The zero-order chi connectivity index (χ0) is 21.3. The number of aryl methyl sites for hydroxylation is 1. The van der Waals surface area contributed by atoms with Crippen molar-refractivity contribution < 1.29 is 9.59 Å². The van der Waals surface area contributed by atoms with Crippen LogP contribution in [0.1, 0.15) is 62.9 Å². The summed E-state index contributed by atoms with van der Waals surface area (Å²) in [4.78, 5) is 32.1. The molecule has 1 aliphatic heterocycles. The van der Waals surface area contributed by atoms with Gasteiger partial charge in [0.05, 0.1) is 22.8 Å². The summed E-state index contributed by atoms with van der Waals surface area (Å²) >= 11 is 1.52. The number of rotatable bonds is 4. The number of nitrogens with one attached hydrogen (secondary N) is 1. The number of nitrogens with zero attached hydrogens (tertiary/aromatic N) is 3. The molecule has 2 heterocycles. The fourth-order valence-corrected chi connectivity index (χ4v) is 5.65. The van der Waals surface area contributed by atoms with E-state index in [0.29, 0.717) is 23.9 Å². The highest BCUT2D eigenvalue weighted by atomic mass is 32.2. The van der Waals surface area contributed by atoms with Crippen molar-refractivity contribution in [1.29, 1.82) is 0 Å². The van der Waals surface area contributed by atoms with E-state index in [0.717, 1.165) is 16.5 Å². The first-order valence-electron chi connectivity index (χ1n) is 10.8. The molecule has 1 aliphatic carbocycles. The maximum absolute atomic E-state index is 13.3. The third-order valence-corrected chi connectivity index (χ3v) is 7.18. The Morgan fingerprint density at radius 1 is 1.20 bits per heavy atom. The smallest absolute Gasteiger partial charge is 0.237 e. The van der Waals surface area contributed by atoms with Crippen LogP contribution in [0.4, 0.5) is 11.4 Å². The van der Waals surface area contributed by atoms with Crippen molar-refractivity contribution in [2.24, 2.45) is 0 Å². The van der Waals surface area contributed by atoms with Gasteiger partial charge in [-0.25, -0.2) is 4.98 Å². The van der Waals surface area contributed by atoms with Gasteiger partial charge in [-0.1, -0.05) is 43.2 Å². The Balaban J connectivity index is 1.55. The molecule has 1 aromatic heterocycles. The lowest BCUT2D eigenvalue weighted by molar-refractivity contribution is -0.117. The Labute approximate surface area is 182 Å². The summed E-state index contributed by atoms with van der Waals surface area (Å²) in [5, 5.41) is 3.86. The predicted molar refractivity (Wildman–Crippen MR) is 121 cm³/mol. The first kappa shape index (κ1) is 21.0. The molecular formula is C23H30N4O2S. The molecule has 2 aliphatic rings. The van der Waals surface area contributed by atoms with Crippen LogP contribution in [0.2, 0.25) is 0 Å². The van der Waals surface area contributed by atoms with Crippen molar-refractivity contribution in [3.8, 4) is 0 Å². The summed E-state index contributed by atoms with van der Waals surface area (Å²) in [5.41, 5.74) is 3.71. The van der Waals surface area contributed by atoms with Crippen LogP contribution in [0.3, 0.4) is 0 Å². The monoisotopic (exact) mass is 426 g/mol. The molecule has 2 aromatic rings. The van der Waals surface area contributed by atoms with Crippen LogP contribution >= 0.6 is 11.8 Å². The van der Waals surface area contributed by atoms with Crippen molar-refractivity contribution in [1.82, 2.24) is 9.55 Å². The van der Waals surface area contributed by atoms with Gasteiger partial charge in [0.15, 0.2) is 5.16 Å². The second-order valence-corrected chi connectivity index (χ2v) is 9.34. The van der Waals surface area contributed by atoms with Gasteiger partial charge in [-0.2, -0.15) is 0 Å². The molecule has 30 heavy (non-hydrogen) atoms. The predicted octanol–water partition coefficient (Wildman–Crippen LogP) is 4.86. The van der Waals surface area contributed by atoms with Gasteiger partial charge in [0.2, 0.25) is 11.8 Å². The zero-order valence-corrected chi connectivity index (χ0v) is 18.8. The molecule has 160 valence electrons. The number of carbonyl (C=O) groups is 2. The van der Waals surface area contributed by atoms with Crippen LogP contribution in [0, 0.1) is 13.8 Å². The summed E-state index contributed by atoms with van der Waals surface area (Å²) in [6.45, 7) is 6.11. The van der Waals surface area contributed by atoms with Gasteiger partial charge in [0, 0.05) is 24.2 Å². The highest BCUT2D eigenvalue weighted by Gasteiger charge is 2.30. The minimum Gasteiger partial charge on any atom is -0.324 e. The van der Waals surface area contributed by atoms with E-state index in [4.69, 9.17) is 4.98 Å². The summed E-state index contributed by atoms with van der Waals surface area (Å²) in [6, 6.07) is 7.82. The fourth-order valence-electron chi connectivity index (χ4n) is 4.63. The number of imidazole rings is 1. The van der Waals surface area contributed by atoms with E-state index in [1.165, 1.54) is 49.6 Å². The molecule has 1 unspecified atom stereocenters. The minimum absolute atomic E-state index is 0.00458. The van der Waals surface area contributed by atoms with Crippen LogP contribution in [-0.2, 0) is 9.59 Å². The number of thioether (sulfide) groups is 1. The van der Waals surface area contributed by atoms with Crippen LogP contribution in [0.5, 0.6) is 0 Å². The second kappa shape index (κ2) is 8.84. The van der Waals surface area contributed by atoms with Crippen LogP contribution in [0.15, 0.2) is 29.4 Å². The first-order valence-corrected chi connectivity index (χ1v) is 11.8. The molecule has 4 rings (SSSR count). The van der Waals surface area contributed by atoms with Crippen LogP contribution in [-0.4, -0.2) is 33.2 Å². The molecule has 0 bridgehead atoms. The van der Waals surface area contributed by atoms with Gasteiger partial charge in [-0.15, -0.1) is 0 Å². The van der Waals surface area contributed by atoms with Gasteiger partial charge >= 0.3 is 0 Å². The van der Waals surface area contributed by atoms with Crippen molar-refractivity contribution in [3.63, 3.8) is 0 Å². The van der Waals surface area contributed by atoms with E-state index in [2.05, 4.69) is 16.8 Å². The molecule has 0 spiro atoms. The lowest BCUT2D eigenvalue weighted by Gasteiger charge is -2.28. The van der Waals surface area contributed by atoms with Crippen LogP contribution in [0.25, 0.3) is 0 Å². The summed E-state index contributed by atoms with van der Waals surface area (Å²) in [6.07, 6.45) is 6.48. The Kier molecular flexibility index (Phi) is 6.18. The maximum atomic E-state index is 13.3. The summed E-state index contributed by atoms with van der Waals surface area (Å²) in [7, 11) is 0. The van der Waals surface area contributed by atoms with Gasteiger partial charge in [-0.3, -0.25) is 9.59 Å². The molecule has 1 aromatic carbocycles. The summed E-state index contributed by atoms with van der Waals surface area (Å²) in [5.74, 6) is 0.247. The highest BCUT2D eigenvalue weighted by Crippen LogP contribution is 2.35. The maximum Gasteiger partial charge on any atom is 0.237 e. The minimum atomic E-state index is -0.191. The summed E-state index contributed by atoms with van der Waals surface area (Å²) < 4.78 is 2.36. The van der Waals surface area contributed by atoms with E-state index in [-0.39, 0.29) is 17.9 Å². The number of amides is 2. The number of aromatic nitrogens is 2. The van der Waals surface area contributed by atoms with E-state index in [1.54, 1.807) is 4.90 Å². The van der Waals surface area contributed by atoms with Crippen molar-refractivity contribution in [3.05, 3.63) is 35.7 Å². The number of para-hydroxylation sites is 2. The largest absolute Gasteiger partial charge is 0.324 e. The van der Waals surface area contributed by atoms with Crippen molar-refractivity contribution in [2.75, 3.05) is 16.0 Å². The molecule has 1 atom stereocenters. The van der Waals surface area contributed by atoms with Gasteiger partial charge < -0.3 is 14.8 Å². The Bertz CT molecular complexity index is 949. The molecule has 1 saturated carbocycles. The number of anilines is 2. The molecule has 0 radical (unpaired) electrons. The van der Waals surface area contributed by atoms with Gasteiger partial charge in [-0.05, 0) is 45.7 Å². The van der Waals surface area contributed by atoms with Gasteiger partial charge in [0.25, 0.3) is 0 Å². The fraction of sp³-hybridized carbons (Fsp3) is 0.522. The quantitative estimate of drug-likeness (QED) is 0.709. The van der Waals surface area contributed by atoms with Crippen molar-refractivity contribution >= 4 is 35.0 Å². The molecule has 7 heteroatoms. The molecular weight excluding hydrogens is 396 g/mol. The molecule has 0 saturated heterocycles. The first-order chi connectivity index (χ1) is 14.5. The number of fused-ring (bicyclic) bond motifs is 1. The van der Waals surface area contributed by atoms with E-state index in [1.807, 2.05) is 38.1 Å². The lowest BCUT2D eigenvalue weighted by atomic mass is 9.95. The molecule has 2 amide bonds. The Morgan fingerprint density at radius 2 is 1.93 bits per heavy atom.